The summed E-state index contributed by atoms with van der Waals surface area (Å²) in [5.74, 6) is -0.472. The van der Waals surface area contributed by atoms with Gasteiger partial charge in [-0.05, 0) is 31.4 Å². The number of esters is 1. The van der Waals surface area contributed by atoms with Crippen molar-refractivity contribution in [3.8, 4) is 0 Å². The van der Waals surface area contributed by atoms with Gasteiger partial charge in [0, 0.05) is 17.4 Å². The van der Waals surface area contributed by atoms with Crippen molar-refractivity contribution in [1.29, 1.82) is 0 Å². The minimum Gasteiger partial charge on any atom is -0.467 e. The number of ether oxygens (including phenoxy) is 1. The molecule has 1 atom stereocenters. The second kappa shape index (κ2) is 5.60. The van der Waals surface area contributed by atoms with Crippen molar-refractivity contribution in [2.24, 2.45) is 0 Å². The van der Waals surface area contributed by atoms with Crippen molar-refractivity contribution >= 4 is 22.8 Å². The number of amides is 1. The Bertz CT molecular complexity index is 644. The molecule has 1 N–H and O–H groups in total. The molecule has 1 aromatic carbocycles. The van der Waals surface area contributed by atoms with Crippen LogP contribution in [0.4, 0.5) is 0 Å². The number of hydrogen-bond donors (Lipinski definition) is 1. The second-order valence-corrected chi connectivity index (χ2v) is 5.30. The molecule has 0 unspecified atom stereocenters. The predicted molar refractivity (Wildman–Crippen MR) is 79.0 cm³/mol. The molecular weight excluding hydrogens is 268 g/mol. The first-order chi connectivity index (χ1) is 10.2. The van der Waals surface area contributed by atoms with E-state index >= 15 is 0 Å². The van der Waals surface area contributed by atoms with Crippen molar-refractivity contribution in [3.05, 3.63) is 36.0 Å². The normalized spacial score (nSPS) is 18.7. The van der Waals surface area contributed by atoms with Crippen molar-refractivity contribution in [2.75, 3.05) is 13.7 Å². The van der Waals surface area contributed by atoms with Crippen LogP contribution in [0.15, 0.2) is 30.3 Å². The highest BCUT2D eigenvalue weighted by Gasteiger charge is 2.33. The molecule has 2 heterocycles. The smallest absolute Gasteiger partial charge is 0.328 e. The van der Waals surface area contributed by atoms with Crippen LogP contribution < -0.4 is 0 Å². The molecule has 5 nitrogen and oxygen atoms in total. The fraction of sp³-hybridized carbons (Fsp3) is 0.375. The lowest BCUT2D eigenvalue weighted by Crippen LogP contribution is -2.48. The van der Waals surface area contributed by atoms with Crippen LogP contribution in [0.2, 0.25) is 0 Å². The second-order valence-electron chi connectivity index (χ2n) is 5.30. The number of piperidine rings is 1. The van der Waals surface area contributed by atoms with Gasteiger partial charge in [0.1, 0.15) is 11.7 Å². The zero-order valence-corrected chi connectivity index (χ0v) is 12.0. The Kier molecular flexibility index (Phi) is 3.64. The van der Waals surface area contributed by atoms with Crippen LogP contribution in [-0.2, 0) is 9.53 Å². The lowest BCUT2D eigenvalue weighted by molar-refractivity contribution is -0.147. The van der Waals surface area contributed by atoms with Gasteiger partial charge in [0.25, 0.3) is 5.91 Å². The summed E-state index contributed by atoms with van der Waals surface area (Å²) in [5.41, 5.74) is 1.44. The third kappa shape index (κ3) is 2.51. The molecule has 110 valence electrons. The van der Waals surface area contributed by atoms with E-state index in [1.165, 1.54) is 7.11 Å². The van der Waals surface area contributed by atoms with E-state index in [9.17, 15) is 9.59 Å². The van der Waals surface area contributed by atoms with E-state index in [4.69, 9.17) is 4.74 Å². The molecule has 1 amide bonds. The van der Waals surface area contributed by atoms with Gasteiger partial charge in [0.15, 0.2) is 0 Å². The highest BCUT2D eigenvalue weighted by atomic mass is 16.5. The minimum atomic E-state index is -0.470. The van der Waals surface area contributed by atoms with Crippen molar-refractivity contribution in [2.45, 2.75) is 25.3 Å². The molecule has 3 rings (SSSR count). The van der Waals surface area contributed by atoms with Gasteiger partial charge in [-0.3, -0.25) is 4.79 Å². The Morgan fingerprint density at radius 2 is 2.10 bits per heavy atom. The first kappa shape index (κ1) is 13.7. The maximum atomic E-state index is 12.7. The summed E-state index contributed by atoms with van der Waals surface area (Å²) in [6.07, 6.45) is 2.52. The quantitative estimate of drug-likeness (QED) is 0.862. The molecule has 21 heavy (non-hydrogen) atoms. The van der Waals surface area contributed by atoms with Gasteiger partial charge >= 0.3 is 5.97 Å². The number of hydrogen-bond acceptors (Lipinski definition) is 3. The maximum Gasteiger partial charge on any atom is 0.328 e. The molecule has 0 bridgehead atoms. The lowest BCUT2D eigenvalue weighted by atomic mass is 10.0. The van der Waals surface area contributed by atoms with Gasteiger partial charge in [-0.2, -0.15) is 0 Å². The third-order valence-electron chi connectivity index (χ3n) is 4.00. The fourth-order valence-corrected chi connectivity index (χ4v) is 2.90. The van der Waals surface area contributed by atoms with E-state index in [2.05, 4.69) is 4.98 Å². The number of rotatable bonds is 2. The van der Waals surface area contributed by atoms with Crippen molar-refractivity contribution < 1.29 is 14.3 Å². The molecular formula is C16H18N2O3. The van der Waals surface area contributed by atoms with Crippen molar-refractivity contribution in [3.63, 3.8) is 0 Å². The van der Waals surface area contributed by atoms with Crippen molar-refractivity contribution in [1.82, 2.24) is 9.88 Å². The highest BCUT2D eigenvalue weighted by Crippen LogP contribution is 2.22. The number of benzene rings is 1. The maximum absolute atomic E-state index is 12.7. The largest absolute Gasteiger partial charge is 0.467 e. The first-order valence-electron chi connectivity index (χ1n) is 7.17. The first-order valence-corrected chi connectivity index (χ1v) is 7.17. The number of nitrogens with one attached hydrogen (secondary N) is 1. The van der Waals surface area contributed by atoms with E-state index in [1.54, 1.807) is 4.90 Å². The Morgan fingerprint density at radius 3 is 2.86 bits per heavy atom. The zero-order chi connectivity index (χ0) is 14.8. The van der Waals surface area contributed by atoms with Crippen LogP contribution >= 0.6 is 0 Å². The van der Waals surface area contributed by atoms with Crippen LogP contribution in [-0.4, -0.2) is 41.5 Å². The minimum absolute atomic E-state index is 0.138. The molecule has 1 fully saturated rings. The summed E-state index contributed by atoms with van der Waals surface area (Å²) in [5, 5.41) is 0.993. The number of methoxy groups -OCH3 is 1. The summed E-state index contributed by atoms with van der Waals surface area (Å²) < 4.78 is 4.82. The van der Waals surface area contributed by atoms with Crippen LogP contribution in [0, 0.1) is 0 Å². The van der Waals surface area contributed by atoms with E-state index in [-0.39, 0.29) is 11.9 Å². The Hall–Kier alpha value is -2.30. The van der Waals surface area contributed by atoms with Gasteiger partial charge in [-0.25, -0.2) is 4.79 Å². The third-order valence-corrected chi connectivity index (χ3v) is 4.00. The fourth-order valence-electron chi connectivity index (χ4n) is 2.90. The molecule has 1 aliphatic rings. The number of aromatic nitrogens is 1. The summed E-state index contributed by atoms with van der Waals surface area (Å²) in [6, 6.07) is 9.10. The van der Waals surface area contributed by atoms with Gasteiger partial charge in [-0.15, -0.1) is 0 Å². The van der Waals surface area contributed by atoms with Gasteiger partial charge < -0.3 is 14.6 Å². The van der Waals surface area contributed by atoms with Crippen LogP contribution in [0.3, 0.4) is 0 Å². The topological polar surface area (TPSA) is 62.4 Å². The lowest BCUT2D eigenvalue weighted by Gasteiger charge is -2.33. The Balaban J connectivity index is 1.90. The molecule has 2 aromatic rings. The average molecular weight is 286 g/mol. The summed E-state index contributed by atoms with van der Waals surface area (Å²) in [7, 11) is 1.36. The highest BCUT2D eigenvalue weighted by molar-refractivity contribution is 5.99. The predicted octanol–water partition coefficient (Wildman–Crippen LogP) is 2.34. The number of para-hydroxylation sites is 1. The molecule has 0 spiro atoms. The summed E-state index contributed by atoms with van der Waals surface area (Å²) in [6.45, 7) is 0.591. The number of carbonyl (C=O) groups is 2. The molecule has 5 heteroatoms. The van der Waals surface area contributed by atoms with Crippen LogP contribution in [0.25, 0.3) is 10.9 Å². The van der Waals surface area contributed by atoms with E-state index < -0.39 is 6.04 Å². The standard InChI is InChI=1S/C16H18N2O3/c1-21-16(20)14-8-4-5-9-18(14)15(19)13-10-11-6-2-3-7-12(11)17-13/h2-3,6-7,10,14,17H,4-5,8-9H2,1H3/t14-/m1/s1. The number of likely N-dealkylation sites (tertiary alicyclic amines) is 1. The summed E-state index contributed by atoms with van der Waals surface area (Å²) in [4.78, 5) is 29.3. The van der Waals surface area contributed by atoms with Crippen LogP contribution in [0.5, 0.6) is 0 Å². The van der Waals surface area contributed by atoms with Crippen LogP contribution in [0.1, 0.15) is 29.8 Å². The Morgan fingerprint density at radius 1 is 1.29 bits per heavy atom. The monoisotopic (exact) mass is 286 g/mol. The molecule has 1 aliphatic heterocycles. The van der Waals surface area contributed by atoms with E-state index in [1.807, 2.05) is 30.3 Å². The molecule has 0 aliphatic carbocycles. The van der Waals surface area contributed by atoms with Gasteiger partial charge in [-0.1, -0.05) is 18.2 Å². The number of carbonyl (C=O) groups excluding carboxylic acids is 2. The van der Waals surface area contributed by atoms with Gasteiger partial charge in [0.05, 0.1) is 7.11 Å². The number of H-pyrrole nitrogens is 1. The van der Waals surface area contributed by atoms with Gasteiger partial charge in [0.2, 0.25) is 0 Å². The number of nitrogens with zero attached hydrogens (tertiary/aromatic N) is 1. The molecule has 0 saturated carbocycles. The zero-order valence-electron chi connectivity index (χ0n) is 12.0. The molecule has 1 saturated heterocycles. The number of aromatic amines is 1. The SMILES string of the molecule is COC(=O)[C@H]1CCCCN1C(=O)c1cc2ccccc2[nH]1. The van der Waals surface area contributed by atoms with E-state index in [0.717, 1.165) is 23.7 Å². The summed E-state index contributed by atoms with van der Waals surface area (Å²) >= 11 is 0. The average Bonchev–Trinajstić information content (AvgIpc) is 2.97. The molecule has 1 aromatic heterocycles. The molecule has 0 radical (unpaired) electrons. The number of fused-ring (bicyclic) bond motifs is 1. The Labute approximate surface area is 122 Å². The van der Waals surface area contributed by atoms with E-state index in [0.29, 0.717) is 18.7 Å².